The van der Waals surface area contributed by atoms with Crippen LogP contribution in [0.15, 0.2) is 40.8 Å². The van der Waals surface area contributed by atoms with Crippen molar-refractivity contribution in [2.45, 2.75) is 64.0 Å². The third kappa shape index (κ3) is 5.62. The number of rotatable bonds is 9. The fourth-order valence-corrected chi connectivity index (χ4v) is 3.65. The molecule has 30 heavy (non-hydrogen) atoms. The van der Waals surface area contributed by atoms with Gasteiger partial charge in [-0.05, 0) is 55.7 Å². The van der Waals surface area contributed by atoms with Crippen LogP contribution in [0.4, 0.5) is 4.39 Å². The number of halogens is 1. The maximum atomic E-state index is 13.0. The number of unbranched alkanes of at least 4 members (excludes halogenated alkanes) is 1. The molecule has 0 bridgehead atoms. The molecular formula is C23H29FN2O4. The Kier molecular flexibility index (Phi) is 7.49. The normalized spacial score (nSPS) is 15.4. The van der Waals surface area contributed by atoms with Gasteiger partial charge in [0.1, 0.15) is 29.5 Å². The predicted molar refractivity (Wildman–Crippen MR) is 111 cm³/mol. The van der Waals surface area contributed by atoms with Crippen molar-refractivity contribution in [1.82, 2.24) is 10.6 Å². The lowest BCUT2D eigenvalue weighted by Gasteiger charge is -2.36. The van der Waals surface area contributed by atoms with Crippen LogP contribution in [-0.4, -0.2) is 23.9 Å². The van der Waals surface area contributed by atoms with E-state index in [4.69, 9.17) is 9.15 Å². The lowest BCUT2D eigenvalue weighted by Crippen LogP contribution is -2.59. The summed E-state index contributed by atoms with van der Waals surface area (Å²) in [6, 6.07) is 8.90. The van der Waals surface area contributed by atoms with E-state index >= 15 is 0 Å². The molecule has 0 saturated heterocycles. The third-order valence-corrected chi connectivity index (χ3v) is 5.39. The Morgan fingerprint density at radius 2 is 1.83 bits per heavy atom. The molecule has 0 atom stereocenters. The second-order valence-electron chi connectivity index (χ2n) is 7.71. The fourth-order valence-electron chi connectivity index (χ4n) is 3.65. The molecule has 6 nitrogen and oxygen atoms in total. The molecule has 0 spiro atoms. The van der Waals surface area contributed by atoms with E-state index in [1.165, 1.54) is 24.3 Å². The average Bonchev–Trinajstić information content (AvgIpc) is 3.23. The molecule has 2 aromatic rings. The number of ether oxygens (including phenoxy) is 1. The maximum absolute atomic E-state index is 13.0. The van der Waals surface area contributed by atoms with E-state index in [1.54, 1.807) is 12.1 Å². The summed E-state index contributed by atoms with van der Waals surface area (Å²) in [6.45, 7) is 2.79. The van der Waals surface area contributed by atoms with E-state index in [-0.39, 0.29) is 24.1 Å². The summed E-state index contributed by atoms with van der Waals surface area (Å²) >= 11 is 0. The van der Waals surface area contributed by atoms with Gasteiger partial charge in [-0.1, -0.05) is 32.6 Å². The van der Waals surface area contributed by atoms with E-state index in [1.807, 2.05) is 0 Å². The van der Waals surface area contributed by atoms with Crippen LogP contribution >= 0.6 is 0 Å². The molecule has 1 heterocycles. The summed E-state index contributed by atoms with van der Waals surface area (Å²) in [7, 11) is 0. The smallest absolute Gasteiger partial charge is 0.287 e. The third-order valence-electron chi connectivity index (χ3n) is 5.39. The lowest BCUT2D eigenvalue weighted by atomic mass is 9.80. The van der Waals surface area contributed by atoms with Gasteiger partial charge in [-0.3, -0.25) is 9.59 Å². The minimum absolute atomic E-state index is 0.113. The fraction of sp³-hybridized carbons (Fsp3) is 0.478. The lowest BCUT2D eigenvalue weighted by molar-refractivity contribution is -0.128. The van der Waals surface area contributed by atoms with Crippen molar-refractivity contribution >= 4 is 11.8 Å². The standard InChI is InChI=1S/C23H29FN2O4/c1-2-3-15-25-22(28)23(13-5-4-6-14-23)26-21(27)20-12-11-19(30-20)16-29-18-9-7-17(24)8-10-18/h7-12H,2-6,13-16H2,1H3,(H,25,28)(H,26,27). The van der Waals surface area contributed by atoms with Crippen molar-refractivity contribution in [3.05, 3.63) is 53.7 Å². The van der Waals surface area contributed by atoms with Gasteiger partial charge in [-0.2, -0.15) is 0 Å². The number of hydrogen-bond donors (Lipinski definition) is 2. The molecule has 0 unspecified atom stereocenters. The first-order chi connectivity index (χ1) is 14.5. The van der Waals surface area contributed by atoms with Gasteiger partial charge in [0.05, 0.1) is 0 Å². The minimum Gasteiger partial charge on any atom is -0.486 e. The number of furan rings is 1. The van der Waals surface area contributed by atoms with Crippen molar-refractivity contribution in [2.24, 2.45) is 0 Å². The van der Waals surface area contributed by atoms with Crippen molar-refractivity contribution < 1.29 is 23.1 Å². The van der Waals surface area contributed by atoms with E-state index in [2.05, 4.69) is 17.6 Å². The zero-order chi connectivity index (χ0) is 21.4. The number of amides is 2. The highest BCUT2D eigenvalue weighted by atomic mass is 19.1. The van der Waals surface area contributed by atoms with Gasteiger partial charge in [-0.25, -0.2) is 4.39 Å². The molecule has 7 heteroatoms. The van der Waals surface area contributed by atoms with Crippen molar-refractivity contribution in [1.29, 1.82) is 0 Å². The number of carbonyl (C=O) groups is 2. The molecule has 2 amide bonds. The van der Waals surface area contributed by atoms with Crippen LogP contribution in [0.25, 0.3) is 0 Å². The highest BCUT2D eigenvalue weighted by Gasteiger charge is 2.41. The number of benzene rings is 1. The number of hydrogen-bond acceptors (Lipinski definition) is 4. The van der Waals surface area contributed by atoms with Gasteiger partial charge < -0.3 is 19.8 Å². The van der Waals surface area contributed by atoms with Crippen LogP contribution in [0.5, 0.6) is 5.75 Å². The minimum atomic E-state index is -0.888. The van der Waals surface area contributed by atoms with Gasteiger partial charge in [-0.15, -0.1) is 0 Å². The van der Waals surface area contributed by atoms with E-state index in [9.17, 15) is 14.0 Å². The van der Waals surface area contributed by atoms with Crippen molar-refractivity contribution in [2.75, 3.05) is 6.54 Å². The first-order valence-electron chi connectivity index (χ1n) is 10.6. The van der Waals surface area contributed by atoms with E-state index < -0.39 is 11.4 Å². The van der Waals surface area contributed by atoms with Gasteiger partial charge in [0, 0.05) is 6.54 Å². The number of carbonyl (C=O) groups excluding carboxylic acids is 2. The zero-order valence-corrected chi connectivity index (χ0v) is 17.3. The first-order valence-corrected chi connectivity index (χ1v) is 10.6. The molecule has 1 aromatic carbocycles. The Morgan fingerprint density at radius 1 is 1.10 bits per heavy atom. The monoisotopic (exact) mass is 416 g/mol. The van der Waals surface area contributed by atoms with Gasteiger partial charge in [0.25, 0.3) is 5.91 Å². The molecule has 1 aliphatic rings. The van der Waals surface area contributed by atoms with Gasteiger partial charge >= 0.3 is 0 Å². The highest BCUT2D eigenvalue weighted by molar-refractivity contribution is 5.97. The van der Waals surface area contributed by atoms with E-state index in [0.717, 1.165) is 32.1 Å². The Labute approximate surface area is 176 Å². The Hall–Kier alpha value is -2.83. The summed E-state index contributed by atoms with van der Waals surface area (Å²) in [4.78, 5) is 25.7. The largest absolute Gasteiger partial charge is 0.486 e. The highest BCUT2D eigenvalue weighted by Crippen LogP contribution is 2.29. The van der Waals surface area contributed by atoms with Crippen LogP contribution in [-0.2, 0) is 11.4 Å². The molecule has 162 valence electrons. The van der Waals surface area contributed by atoms with Crippen molar-refractivity contribution in [3.63, 3.8) is 0 Å². The summed E-state index contributed by atoms with van der Waals surface area (Å²) in [5.74, 6) is 0.248. The quantitative estimate of drug-likeness (QED) is 0.596. The zero-order valence-electron chi connectivity index (χ0n) is 17.3. The SMILES string of the molecule is CCCCNC(=O)C1(NC(=O)c2ccc(COc3ccc(F)cc3)o2)CCCCC1. The molecule has 0 aliphatic heterocycles. The predicted octanol–water partition coefficient (Wildman–Crippen LogP) is 4.35. The molecule has 1 aromatic heterocycles. The average molecular weight is 416 g/mol. The first kappa shape index (κ1) is 21.9. The molecule has 1 aliphatic carbocycles. The molecule has 1 saturated carbocycles. The van der Waals surface area contributed by atoms with Gasteiger partial charge in [0.2, 0.25) is 5.91 Å². The Morgan fingerprint density at radius 3 is 2.53 bits per heavy atom. The molecular weight excluding hydrogens is 387 g/mol. The molecule has 3 rings (SSSR count). The number of nitrogens with one attached hydrogen (secondary N) is 2. The van der Waals surface area contributed by atoms with Crippen LogP contribution < -0.4 is 15.4 Å². The van der Waals surface area contributed by atoms with E-state index in [0.29, 0.717) is 30.9 Å². The van der Waals surface area contributed by atoms with Crippen LogP contribution in [0.3, 0.4) is 0 Å². The van der Waals surface area contributed by atoms with Crippen molar-refractivity contribution in [3.8, 4) is 5.75 Å². The van der Waals surface area contributed by atoms with Crippen LogP contribution in [0.1, 0.15) is 68.2 Å². The molecule has 1 fully saturated rings. The summed E-state index contributed by atoms with van der Waals surface area (Å²) < 4.78 is 24.1. The Balaban J connectivity index is 1.61. The second-order valence-corrected chi connectivity index (χ2v) is 7.71. The van der Waals surface area contributed by atoms with Gasteiger partial charge in [0.15, 0.2) is 5.76 Å². The second kappa shape index (κ2) is 10.3. The van der Waals surface area contributed by atoms with Crippen LogP contribution in [0.2, 0.25) is 0 Å². The Bertz CT molecular complexity index is 841. The topological polar surface area (TPSA) is 80.6 Å². The maximum Gasteiger partial charge on any atom is 0.287 e. The van der Waals surface area contributed by atoms with Crippen LogP contribution in [0, 0.1) is 5.82 Å². The summed E-state index contributed by atoms with van der Waals surface area (Å²) in [6.07, 6.45) is 6.01. The summed E-state index contributed by atoms with van der Waals surface area (Å²) in [5.41, 5.74) is -0.888. The molecule has 0 radical (unpaired) electrons. The summed E-state index contributed by atoms with van der Waals surface area (Å²) in [5, 5.41) is 5.91. The molecule has 2 N–H and O–H groups in total.